The van der Waals surface area contributed by atoms with Gasteiger partial charge in [0.25, 0.3) is 5.56 Å². The molecule has 5 nitrogen and oxygen atoms in total. The van der Waals surface area contributed by atoms with Gasteiger partial charge in [-0.2, -0.15) is 4.98 Å². The van der Waals surface area contributed by atoms with Crippen LogP contribution in [0.15, 0.2) is 10.9 Å². The Kier molecular flexibility index (Phi) is 2.85. The highest BCUT2D eigenvalue weighted by molar-refractivity contribution is 5.38. The molecule has 1 aliphatic rings. The molecular formula is C11H18N4O. The summed E-state index contributed by atoms with van der Waals surface area (Å²) >= 11 is 0. The van der Waals surface area contributed by atoms with Gasteiger partial charge in [0.2, 0.25) is 5.95 Å². The van der Waals surface area contributed by atoms with Crippen molar-refractivity contribution in [3.05, 3.63) is 16.4 Å². The minimum Gasteiger partial charge on any atom is -0.383 e. The molecule has 0 bridgehead atoms. The maximum Gasteiger partial charge on any atom is 0.254 e. The van der Waals surface area contributed by atoms with Crippen molar-refractivity contribution in [2.45, 2.75) is 20.3 Å². The summed E-state index contributed by atoms with van der Waals surface area (Å²) in [6.45, 7) is 6.29. The summed E-state index contributed by atoms with van der Waals surface area (Å²) in [5.74, 6) is 2.12. The second-order valence-electron chi connectivity index (χ2n) is 4.84. The highest BCUT2D eigenvalue weighted by Crippen LogP contribution is 2.23. The molecule has 2 rings (SSSR count). The largest absolute Gasteiger partial charge is 0.383 e. The number of nitrogen functional groups attached to an aromatic ring is 1. The SMILES string of the molecule is C[C@@H]1C[C@H](C)CN(c2nc(N)cc(=O)[nH]2)C1. The molecule has 1 aromatic heterocycles. The number of hydrogen-bond acceptors (Lipinski definition) is 4. The lowest BCUT2D eigenvalue weighted by atomic mass is 9.92. The van der Waals surface area contributed by atoms with Gasteiger partial charge in [0.05, 0.1) is 0 Å². The van der Waals surface area contributed by atoms with Crippen molar-refractivity contribution >= 4 is 11.8 Å². The van der Waals surface area contributed by atoms with E-state index in [-0.39, 0.29) is 11.4 Å². The van der Waals surface area contributed by atoms with E-state index in [9.17, 15) is 4.79 Å². The number of nitrogens with one attached hydrogen (secondary N) is 1. The number of piperidine rings is 1. The summed E-state index contributed by atoms with van der Waals surface area (Å²) in [7, 11) is 0. The highest BCUT2D eigenvalue weighted by atomic mass is 16.1. The number of hydrogen-bond donors (Lipinski definition) is 2. The maximum absolute atomic E-state index is 11.3. The van der Waals surface area contributed by atoms with Gasteiger partial charge in [-0.05, 0) is 18.3 Å². The molecular weight excluding hydrogens is 204 g/mol. The quantitative estimate of drug-likeness (QED) is 0.738. The number of aromatic nitrogens is 2. The fourth-order valence-electron chi connectivity index (χ4n) is 2.45. The van der Waals surface area contributed by atoms with E-state index >= 15 is 0 Å². The Morgan fingerprint density at radius 2 is 2.06 bits per heavy atom. The van der Waals surface area contributed by atoms with Crippen LogP contribution in [0.5, 0.6) is 0 Å². The monoisotopic (exact) mass is 222 g/mol. The van der Waals surface area contributed by atoms with Crippen LogP contribution in [0, 0.1) is 11.8 Å². The Hall–Kier alpha value is -1.52. The molecule has 1 fully saturated rings. The smallest absolute Gasteiger partial charge is 0.254 e. The van der Waals surface area contributed by atoms with Crippen molar-refractivity contribution in [2.75, 3.05) is 23.7 Å². The number of aromatic amines is 1. The second kappa shape index (κ2) is 4.15. The van der Waals surface area contributed by atoms with Gasteiger partial charge in [0, 0.05) is 19.2 Å². The van der Waals surface area contributed by atoms with Gasteiger partial charge < -0.3 is 10.6 Å². The summed E-state index contributed by atoms with van der Waals surface area (Å²) in [5.41, 5.74) is 5.39. The van der Waals surface area contributed by atoms with Crippen molar-refractivity contribution < 1.29 is 0 Å². The van der Waals surface area contributed by atoms with Crippen molar-refractivity contribution in [1.29, 1.82) is 0 Å². The van der Waals surface area contributed by atoms with E-state index in [1.54, 1.807) is 0 Å². The fourth-order valence-corrected chi connectivity index (χ4v) is 2.45. The number of rotatable bonds is 1. The lowest BCUT2D eigenvalue weighted by Crippen LogP contribution is -2.40. The standard InChI is InChI=1S/C11H18N4O/c1-7-3-8(2)6-15(5-7)11-13-9(12)4-10(16)14-11/h4,7-8H,3,5-6H2,1-2H3,(H3,12,13,14,16)/t7-,8+. The predicted octanol–water partition coefficient (Wildman–Crippen LogP) is 0.834. The third kappa shape index (κ3) is 2.35. The van der Waals surface area contributed by atoms with E-state index < -0.39 is 0 Å². The van der Waals surface area contributed by atoms with Gasteiger partial charge in [-0.3, -0.25) is 9.78 Å². The highest BCUT2D eigenvalue weighted by Gasteiger charge is 2.23. The summed E-state index contributed by atoms with van der Waals surface area (Å²) in [6.07, 6.45) is 1.23. The predicted molar refractivity (Wildman–Crippen MR) is 64.4 cm³/mol. The molecule has 0 amide bonds. The Labute approximate surface area is 94.7 Å². The summed E-state index contributed by atoms with van der Waals surface area (Å²) in [6, 6.07) is 1.31. The molecule has 0 aliphatic carbocycles. The van der Waals surface area contributed by atoms with Crippen LogP contribution in [0.3, 0.4) is 0 Å². The van der Waals surface area contributed by atoms with Gasteiger partial charge in [-0.25, -0.2) is 0 Å². The van der Waals surface area contributed by atoms with E-state index in [2.05, 4.69) is 28.7 Å². The second-order valence-corrected chi connectivity index (χ2v) is 4.84. The van der Waals surface area contributed by atoms with Crippen LogP contribution in [-0.4, -0.2) is 23.1 Å². The van der Waals surface area contributed by atoms with Gasteiger partial charge in [-0.15, -0.1) is 0 Å². The van der Waals surface area contributed by atoms with Gasteiger partial charge >= 0.3 is 0 Å². The van der Waals surface area contributed by atoms with E-state index in [4.69, 9.17) is 5.73 Å². The van der Waals surface area contributed by atoms with Crippen LogP contribution in [0.2, 0.25) is 0 Å². The third-order valence-electron chi connectivity index (χ3n) is 2.92. The normalized spacial score (nSPS) is 25.8. The molecule has 88 valence electrons. The van der Waals surface area contributed by atoms with Gasteiger partial charge in [0.15, 0.2) is 0 Å². The van der Waals surface area contributed by atoms with Crippen LogP contribution < -0.4 is 16.2 Å². The average Bonchev–Trinajstić information content (AvgIpc) is 2.14. The molecule has 2 heterocycles. The summed E-state index contributed by atoms with van der Waals surface area (Å²) in [4.78, 5) is 20.3. The zero-order chi connectivity index (χ0) is 11.7. The molecule has 1 aromatic rings. The lowest BCUT2D eigenvalue weighted by Gasteiger charge is -2.35. The third-order valence-corrected chi connectivity index (χ3v) is 2.92. The average molecular weight is 222 g/mol. The first kappa shape index (κ1) is 11.0. The topological polar surface area (TPSA) is 75.0 Å². The maximum atomic E-state index is 11.3. The van der Waals surface area contributed by atoms with E-state index in [1.807, 2.05) is 0 Å². The van der Waals surface area contributed by atoms with Gasteiger partial charge in [-0.1, -0.05) is 13.8 Å². The Bertz CT molecular complexity index is 418. The van der Waals surface area contributed by atoms with Crippen LogP contribution >= 0.6 is 0 Å². The van der Waals surface area contributed by atoms with Crippen molar-refractivity contribution in [3.63, 3.8) is 0 Å². The van der Waals surface area contributed by atoms with Crippen LogP contribution in [0.25, 0.3) is 0 Å². The zero-order valence-corrected chi connectivity index (χ0v) is 9.73. The molecule has 0 aromatic carbocycles. The Morgan fingerprint density at radius 1 is 1.44 bits per heavy atom. The lowest BCUT2D eigenvalue weighted by molar-refractivity contribution is 0.353. The Morgan fingerprint density at radius 3 is 2.62 bits per heavy atom. The molecule has 0 unspecified atom stereocenters. The summed E-state index contributed by atoms with van der Waals surface area (Å²) < 4.78 is 0. The van der Waals surface area contributed by atoms with E-state index in [1.165, 1.54) is 12.5 Å². The summed E-state index contributed by atoms with van der Waals surface area (Å²) in [5, 5.41) is 0. The van der Waals surface area contributed by atoms with Crippen molar-refractivity contribution in [3.8, 4) is 0 Å². The van der Waals surface area contributed by atoms with Crippen LogP contribution in [0.1, 0.15) is 20.3 Å². The first-order chi connectivity index (χ1) is 7.54. The number of nitrogens with zero attached hydrogens (tertiary/aromatic N) is 2. The molecule has 1 aliphatic heterocycles. The first-order valence-corrected chi connectivity index (χ1v) is 5.66. The molecule has 1 saturated heterocycles. The van der Waals surface area contributed by atoms with Crippen LogP contribution in [-0.2, 0) is 0 Å². The number of nitrogens with two attached hydrogens (primary N) is 1. The molecule has 0 radical (unpaired) electrons. The number of H-pyrrole nitrogens is 1. The molecule has 2 atom stereocenters. The van der Waals surface area contributed by atoms with E-state index in [0.29, 0.717) is 17.8 Å². The van der Waals surface area contributed by atoms with Gasteiger partial charge in [0.1, 0.15) is 5.82 Å². The number of anilines is 2. The molecule has 5 heteroatoms. The minimum absolute atomic E-state index is 0.187. The minimum atomic E-state index is -0.187. The molecule has 16 heavy (non-hydrogen) atoms. The molecule has 0 saturated carbocycles. The fraction of sp³-hybridized carbons (Fsp3) is 0.636. The molecule has 3 N–H and O–H groups in total. The van der Waals surface area contributed by atoms with Crippen molar-refractivity contribution in [2.24, 2.45) is 11.8 Å². The van der Waals surface area contributed by atoms with Crippen LogP contribution in [0.4, 0.5) is 11.8 Å². The zero-order valence-electron chi connectivity index (χ0n) is 9.73. The molecule has 0 spiro atoms. The first-order valence-electron chi connectivity index (χ1n) is 5.66. The van der Waals surface area contributed by atoms with E-state index in [0.717, 1.165) is 13.1 Å². The van der Waals surface area contributed by atoms with Crippen molar-refractivity contribution in [1.82, 2.24) is 9.97 Å². The Balaban J connectivity index is 2.26.